The first kappa shape index (κ1) is 16.2. The minimum absolute atomic E-state index is 0.0679. The fraction of sp³-hybridized carbons (Fsp3) is 0.667. The quantitative estimate of drug-likeness (QED) is 0.527. The van der Waals surface area contributed by atoms with Crippen LogP contribution in [0.1, 0.15) is 50.0 Å². The first-order valence-corrected chi connectivity index (χ1v) is 8.07. The van der Waals surface area contributed by atoms with E-state index in [9.17, 15) is 4.79 Å². The van der Waals surface area contributed by atoms with Gasteiger partial charge in [0.05, 0.1) is 6.61 Å². The third kappa shape index (κ3) is 6.73. The Labute approximate surface area is 120 Å². The van der Waals surface area contributed by atoms with Gasteiger partial charge in [-0.2, -0.15) is 0 Å². The van der Waals surface area contributed by atoms with Gasteiger partial charge in [-0.15, -0.1) is 11.3 Å². The number of esters is 1. The number of hydrogen-bond acceptors (Lipinski definition) is 4. The summed E-state index contributed by atoms with van der Waals surface area (Å²) in [7, 11) is 0. The Morgan fingerprint density at radius 2 is 2.16 bits per heavy atom. The lowest BCUT2D eigenvalue weighted by molar-refractivity contribution is -0.143. The second-order valence-corrected chi connectivity index (χ2v) is 5.52. The second-order valence-electron chi connectivity index (χ2n) is 4.52. The van der Waals surface area contributed by atoms with Gasteiger partial charge in [-0.1, -0.05) is 13.3 Å². The van der Waals surface area contributed by atoms with E-state index in [2.05, 4.69) is 23.7 Å². The number of aryl methyl sites for hydroxylation is 1. The Bertz CT molecular complexity index is 363. The van der Waals surface area contributed by atoms with E-state index in [0.717, 1.165) is 38.8 Å². The fourth-order valence-electron chi connectivity index (χ4n) is 1.97. The van der Waals surface area contributed by atoms with Crippen LogP contribution in [0.15, 0.2) is 11.4 Å². The Balaban J connectivity index is 1.98. The van der Waals surface area contributed by atoms with Crippen LogP contribution >= 0.6 is 11.3 Å². The first-order chi connectivity index (χ1) is 9.27. The third-order valence-corrected chi connectivity index (χ3v) is 4.01. The highest BCUT2D eigenvalue weighted by molar-refractivity contribution is 7.10. The van der Waals surface area contributed by atoms with Crippen LogP contribution in [0.4, 0.5) is 0 Å². The predicted molar refractivity (Wildman–Crippen MR) is 80.5 cm³/mol. The van der Waals surface area contributed by atoms with Gasteiger partial charge in [-0.3, -0.25) is 4.79 Å². The van der Waals surface area contributed by atoms with Crippen LogP contribution in [0.25, 0.3) is 0 Å². The number of hydrogen-bond donors (Lipinski definition) is 1. The molecule has 0 aromatic carbocycles. The number of carbonyl (C=O) groups is 1. The maximum atomic E-state index is 11.1. The molecule has 0 amide bonds. The molecule has 0 atom stereocenters. The van der Waals surface area contributed by atoms with Crippen molar-refractivity contribution in [3.63, 3.8) is 0 Å². The van der Waals surface area contributed by atoms with Crippen molar-refractivity contribution in [2.24, 2.45) is 0 Å². The zero-order chi connectivity index (χ0) is 13.9. The monoisotopic (exact) mass is 283 g/mol. The van der Waals surface area contributed by atoms with Crippen LogP contribution in [0.3, 0.4) is 0 Å². The SMILES string of the molecule is CCOC(=O)CCCCCNCc1sccc1CC. The molecular formula is C15H25NO2S. The average Bonchev–Trinajstić information content (AvgIpc) is 2.85. The molecule has 0 bridgehead atoms. The molecule has 0 aliphatic heterocycles. The van der Waals surface area contributed by atoms with Crippen LogP contribution in [0.2, 0.25) is 0 Å². The Morgan fingerprint density at radius 3 is 2.89 bits per heavy atom. The molecule has 0 saturated carbocycles. The zero-order valence-corrected chi connectivity index (χ0v) is 12.9. The van der Waals surface area contributed by atoms with E-state index in [1.807, 2.05) is 18.3 Å². The van der Waals surface area contributed by atoms with Gasteiger partial charge in [0.25, 0.3) is 0 Å². The average molecular weight is 283 g/mol. The van der Waals surface area contributed by atoms with Gasteiger partial charge < -0.3 is 10.1 Å². The number of nitrogens with one attached hydrogen (secondary N) is 1. The van der Waals surface area contributed by atoms with Gasteiger partial charge in [0.1, 0.15) is 0 Å². The van der Waals surface area contributed by atoms with E-state index in [0.29, 0.717) is 13.0 Å². The molecule has 1 N–H and O–H groups in total. The molecule has 0 radical (unpaired) electrons. The first-order valence-electron chi connectivity index (χ1n) is 7.19. The van der Waals surface area contributed by atoms with E-state index in [1.165, 1.54) is 10.4 Å². The predicted octanol–water partition coefficient (Wildman–Crippen LogP) is 3.52. The lowest BCUT2D eigenvalue weighted by atomic mass is 10.2. The van der Waals surface area contributed by atoms with Crippen molar-refractivity contribution in [3.05, 3.63) is 21.9 Å². The van der Waals surface area contributed by atoms with Crippen molar-refractivity contribution in [3.8, 4) is 0 Å². The van der Waals surface area contributed by atoms with Crippen molar-refractivity contribution in [2.45, 2.75) is 52.5 Å². The zero-order valence-electron chi connectivity index (χ0n) is 12.0. The summed E-state index contributed by atoms with van der Waals surface area (Å²) < 4.78 is 4.89. The van der Waals surface area contributed by atoms with Gasteiger partial charge in [-0.25, -0.2) is 0 Å². The summed E-state index contributed by atoms with van der Waals surface area (Å²) in [5.41, 5.74) is 1.46. The van der Waals surface area contributed by atoms with Gasteiger partial charge >= 0.3 is 5.97 Å². The normalized spacial score (nSPS) is 10.6. The molecule has 1 rings (SSSR count). The highest BCUT2D eigenvalue weighted by atomic mass is 32.1. The number of ether oxygens (including phenoxy) is 1. The molecule has 0 fully saturated rings. The number of unbranched alkanes of at least 4 members (excludes halogenated alkanes) is 2. The van der Waals surface area contributed by atoms with Crippen LogP contribution in [0.5, 0.6) is 0 Å². The Morgan fingerprint density at radius 1 is 1.32 bits per heavy atom. The molecule has 3 nitrogen and oxygen atoms in total. The van der Waals surface area contributed by atoms with Crippen molar-refractivity contribution >= 4 is 17.3 Å². The fourth-order valence-corrected chi connectivity index (χ4v) is 2.91. The van der Waals surface area contributed by atoms with Crippen molar-refractivity contribution in [1.29, 1.82) is 0 Å². The standard InChI is InChI=1S/C15H25NO2S/c1-3-13-9-11-19-14(13)12-16-10-7-5-6-8-15(17)18-4-2/h9,11,16H,3-8,10,12H2,1-2H3. The number of thiophene rings is 1. The van der Waals surface area contributed by atoms with Gasteiger partial charge in [-0.05, 0) is 49.7 Å². The largest absolute Gasteiger partial charge is 0.466 e. The summed E-state index contributed by atoms with van der Waals surface area (Å²) in [6.07, 6.45) is 4.79. The molecule has 1 aromatic rings. The smallest absolute Gasteiger partial charge is 0.305 e. The molecule has 1 heterocycles. The van der Waals surface area contributed by atoms with Crippen molar-refractivity contribution in [2.75, 3.05) is 13.2 Å². The summed E-state index contributed by atoms with van der Waals surface area (Å²) >= 11 is 1.83. The molecule has 0 aliphatic rings. The van der Waals surface area contributed by atoms with E-state index in [1.54, 1.807) is 0 Å². The Kier molecular flexibility index (Phi) is 8.50. The minimum Gasteiger partial charge on any atom is -0.466 e. The molecule has 0 spiro atoms. The molecular weight excluding hydrogens is 258 g/mol. The lowest BCUT2D eigenvalue weighted by Gasteiger charge is -2.05. The highest BCUT2D eigenvalue weighted by Crippen LogP contribution is 2.16. The molecule has 0 saturated heterocycles. The van der Waals surface area contributed by atoms with Gasteiger partial charge in [0.2, 0.25) is 0 Å². The highest BCUT2D eigenvalue weighted by Gasteiger charge is 2.02. The molecule has 0 unspecified atom stereocenters. The lowest BCUT2D eigenvalue weighted by Crippen LogP contribution is -2.14. The summed E-state index contributed by atoms with van der Waals surface area (Å²) in [5.74, 6) is -0.0679. The summed E-state index contributed by atoms with van der Waals surface area (Å²) in [4.78, 5) is 12.6. The van der Waals surface area contributed by atoms with Crippen LogP contribution < -0.4 is 5.32 Å². The van der Waals surface area contributed by atoms with Crippen LogP contribution in [-0.4, -0.2) is 19.1 Å². The summed E-state index contributed by atoms with van der Waals surface area (Å²) in [6, 6.07) is 2.21. The van der Waals surface area contributed by atoms with Gasteiger partial charge in [0.15, 0.2) is 0 Å². The van der Waals surface area contributed by atoms with Crippen molar-refractivity contribution in [1.82, 2.24) is 5.32 Å². The van der Waals surface area contributed by atoms with E-state index < -0.39 is 0 Å². The maximum Gasteiger partial charge on any atom is 0.305 e. The topological polar surface area (TPSA) is 38.3 Å². The Hall–Kier alpha value is -0.870. The maximum absolute atomic E-state index is 11.1. The third-order valence-electron chi connectivity index (χ3n) is 3.04. The van der Waals surface area contributed by atoms with Crippen LogP contribution in [-0.2, 0) is 22.5 Å². The molecule has 19 heavy (non-hydrogen) atoms. The number of rotatable bonds is 10. The molecule has 108 valence electrons. The minimum atomic E-state index is -0.0679. The van der Waals surface area contributed by atoms with E-state index in [-0.39, 0.29) is 5.97 Å². The second kappa shape index (κ2) is 9.98. The molecule has 4 heteroatoms. The number of carbonyl (C=O) groups excluding carboxylic acids is 1. The van der Waals surface area contributed by atoms with Crippen LogP contribution in [0, 0.1) is 0 Å². The molecule has 0 aliphatic carbocycles. The van der Waals surface area contributed by atoms with Crippen molar-refractivity contribution < 1.29 is 9.53 Å². The molecule has 1 aromatic heterocycles. The van der Waals surface area contributed by atoms with E-state index in [4.69, 9.17) is 4.74 Å². The van der Waals surface area contributed by atoms with Gasteiger partial charge in [0, 0.05) is 17.8 Å². The van der Waals surface area contributed by atoms with E-state index >= 15 is 0 Å². The summed E-state index contributed by atoms with van der Waals surface area (Å²) in [6.45, 7) is 6.52. The summed E-state index contributed by atoms with van der Waals surface area (Å²) in [5, 5.41) is 5.63.